The molecule has 1 aromatic heterocycles. The first-order chi connectivity index (χ1) is 16.6. The second-order valence-corrected chi connectivity index (χ2v) is 8.72. The van der Waals surface area contributed by atoms with E-state index in [4.69, 9.17) is 14.5 Å². The van der Waals surface area contributed by atoms with E-state index in [0.717, 1.165) is 54.3 Å². The van der Waals surface area contributed by atoms with Crippen molar-refractivity contribution in [3.63, 3.8) is 0 Å². The summed E-state index contributed by atoms with van der Waals surface area (Å²) in [6, 6.07) is 18.2. The minimum absolute atomic E-state index is 0.0884. The standard InChI is InChI=1S/C27H31N5O2/c1-32(2)13-12-29-23-5-3-4-20(16-23)17-27-30-11-8-25(31-27)21-6-7-26(22(18-21)19-28)34-24-9-14-33-15-10-24/h3-8,11,16,18,24,29H,9-10,12-15,17H2,1-2H3. The zero-order chi connectivity index (χ0) is 23.8. The molecule has 34 heavy (non-hydrogen) atoms. The fourth-order valence-corrected chi connectivity index (χ4v) is 3.90. The highest BCUT2D eigenvalue weighted by molar-refractivity contribution is 5.64. The van der Waals surface area contributed by atoms with E-state index >= 15 is 0 Å². The largest absolute Gasteiger partial charge is 0.489 e. The van der Waals surface area contributed by atoms with Crippen molar-refractivity contribution in [1.82, 2.24) is 14.9 Å². The van der Waals surface area contributed by atoms with Crippen LogP contribution in [0, 0.1) is 11.3 Å². The lowest BCUT2D eigenvalue weighted by atomic mass is 10.1. The van der Waals surface area contributed by atoms with E-state index in [1.54, 1.807) is 6.20 Å². The normalized spacial score (nSPS) is 14.1. The van der Waals surface area contributed by atoms with Crippen molar-refractivity contribution >= 4 is 5.69 Å². The van der Waals surface area contributed by atoms with Gasteiger partial charge in [0.15, 0.2) is 0 Å². The molecule has 0 radical (unpaired) electrons. The predicted molar refractivity (Wildman–Crippen MR) is 133 cm³/mol. The van der Waals surface area contributed by atoms with Crippen molar-refractivity contribution in [3.05, 3.63) is 71.7 Å². The Bertz CT molecular complexity index is 1140. The van der Waals surface area contributed by atoms with Crippen LogP contribution in [-0.2, 0) is 11.2 Å². The lowest BCUT2D eigenvalue weighted by Gasteiger charge is -2.23. The third-order valence-electron chi connectivity index (χ3n) is 5.74. The summed E-state index contributed by atoms with van der Waals surface area (Å²) < 4.78 is 11.5. The van der Waals surface area contributed by atoms with Gasteiger partial charge in [-0.2, -0.15) is 5.26 Å². The summed E-state index contributed by atoms with van der Waals surface area (Å²) in [5, 5.41) is 13.1. The van der Waals surface area contributed by atoms with Gasteiger partial charge in [-0.25, -0.2) is 9.97 Å². The summed E-state index contributed by atoms with van der Waals surface area (Å²) in [5.41, 5.74) is 4.41. The van der Waals surface area contributed by atoms with Crippen molar-refractivity contribution < 1.29 is 9.47 Å². The third kappa shape index (κ3) is 6.53. The number of anilines is 1. The molecule has 0 atom stereocenters. The quantitative estimate of drug-likeness (QED) is 0.517. The van der Waals surface area contributed by atoms with Crippen LogP contribution in [-0.4, -0.2) is 61.4 Å². The molecule has 2 heterocycles. The summed E-state index contributed by atoms with van der Waals surface area (Å²) in [6.45, 7) is 3.25. The molecule has 1 saturated heterocycles. The third-order valence-corrected chi connectivity index (χ3v) is 5.74. The Balaban J connectivity index is 1.46. The van der Waals surface area contributed by atoms with E-state index in [2.05, 4.69) is 53.6 Å². The van der Waals surface area contributed by atoms with E-state index in [9.17, 15) is 5.26 Å². The molecule has 0 aliphatic carbocycles. The summed E-state index contributed by atoms with van der Waals surface area (Å²) in [4.78, 5) is 11.4. The number of rotatable bonds is 9. The maximum absolute atomic E-state index is 9.69. The Morgan fingerprint density at radius 3 is 2.79 bits per heavy atom. The van der Waals surface area contributed by atoms with Crippen LogP contribution in [0.2, 0.25) is 0 Å². The molecule has 7 nitrogen and oxygen atoms in total. The molecule has 1 aliphatic heterocycles. The molecule has 1 fully saturated rings. The van der Waals surface area contributed by atoms with Gasteiger partial charge in [0.25, 0.3) is 0 Å². The summed E-state index contributed by atoms with van der Waals surface area (Å²) in [6.07, 6.45) is 4.18. The van der Waals surface area contributed by atoms with Crippen LogP contribution in [0.4, 0.5) is 5.69 Å². The van der Waals surface area contributed by atoms with Gasteiger partial charge in [0.1, 0.15) is 23.7 Å². The van der Waals surface area contributed by atoms with Crippen LogP contribution >= 0.6 is 0 Å². The van der Waals surface area contributed by atoms with Crippen LogP contribution in [0.25, 0.3) is 11.3 Å². The molecule has 176 valence electrons. The molecule has 0 bridgehead atoms. The Morgan fingerprint density at radius 1 is 1.15 bits per heavy atom. The number of benzene rings is 2. The first-order valence-electron chi connectivity index (χ1n) is 11.7. The monoisotopic (exact) mass is 457 g/mol. The molecular formula is C27H31N5O2. The highest BCUT2D eigenvalue weighted by atomic mass is 16.5. The molecule has 4 rings (SSSR count). The van der Waals surface area contributed by atoms with E-state index in [1.807, 2.05) is 30.3 Å². The molecule has 7 heteroatoms. The van der Waals surface area contributed by atoms with Gasteiger partial charge >= 0.3 is 0 Å². The number of hydrogen-bond acceptors (Lipinski definition) is 7. The number of likely N-dealkylation sites (N-methyl/N-ethyl adjacent to an activating group) is 1. The highest BCUT2D eigenvalue weighted by Gasteiger charge is 2.17. The van der Waals surface area contributed by atoms with Crippen molar-refractivity contribution in [2.45, 2.75) is 25.4 Å². The number of ether oxygens (including phenoxy) is 2. The Kier molecular flexibility index (Phi) is 8.08. The Labute approximate surface area is 201 Å². The van der Waals surface area contributed by atoms with E-state index in [1.165, 1.54) is 0 Å². The van der Waals surface area contributed by atoms with Gasteiger partial charge in [0.05, 0.1) is 24.5 Å². The second kappa shape index (κ2) is 11.6. The van der Waals surface area contributed by atoms with Crippen LogP contribution < -0.4 is 10.1 Å². The predicted octanol–water partition coefficient (Wildman–Crippen LogP) is 4.14. The van der Waals surface area contributed by atoms with Crippen LogP contribution in [0.1, 0.15) is 29.8 Å². The molecule has 0 saturated carbocycles. The van der Waals surface area contributed by atoms with Gasteiger partial charge in [-0.05, 0) is 56.1 Å². The number of hydrogen-bond donors (Lipinski definition) is 1. The maximum atomic E-state index is 9.69. The lowest BCUT2D eigenvalue weighted by Crippen LogP contribution is -2.26. The molecular weight excluding hydrogens is 426 g/mol. The minimum atomic E-state index is 0.0884. The number of aromatic nitrogens is 2. The Morgan fingerprint density at radius 2 is 2.00 bits per heavy atom. The molecule has 0 spiro atoms. The topological polar surface area (TPSA) is 83.3 Å². The van der Waals surface area contributed by atoms with Crippen molar-refractivity contribution in [1.29, 1.82) is 5.26 Å². The van der Waals surface area contributed by atoms with Crippen molar-refractivity contribution in [3.8, 4) is 23.1 Å². The molecule has 0 unspecified atom stereocenters. The fourth-order valence-electron chi connectivity index (χ4n) is 3.90. The highest BCUT2D eigenvalue weighted by Crippen LogP contribution is 2.27. The Hall–Kier alpha value is -3.47. The number of nitrogens with one attached hydrogen (secondary N) is 1. The van der Waals surface area contributed by atoms with Crippen molar-refractivity contribution in [2.75, 3.05) is 45.7 Å². The smallest absolute Gasteiger partial charge is 0.137 e. The molecule has 2 aromatic carbocycles. The van der Waals surface area contributed by atoms with Gasteiger partial charge in [-0.1, -0.05) is 12.1 Å². The maximum Gasteiger partial charge on any atom is 0.137 e. The summed E-state index contributed by atoms with van der Waals surface area (Å²) in [7, 11) is 4.13. The zero-order valence-corrected chi connectivity index (χ0v) is 19.8. The van der Waals surface area contributed by atoms with Gasteiger partial charge in [0, 0.05) is 49.8 Å². The molecule has 1 aliphatic rings. The lowest BCUT2D eigenvalue weighted by molar-refractivity contribution is 0.0254. The van der Waals surface area contributed by atoms with E-state index in [0.29, 0.717) is 30.9 Å². The molecule has 0 amide bonds. The number of nitriles is 1. The van der Waals surface area contributed by atoms with Gasteiger partial charge in [0.2, 0.25) is 0 Å². The van der Waals surface area contributed by atoms with E-state index < -0.39 is 0 Å². The van der Waals surface area contributed by atoms with E-state index in [-0.39, 0.29) is 6.10 Å². The van der Waals surface area contributed by atoms with Crippen molar-refractivity contribution in [2.24, 2.45) is 0 Å². The van der Waals surface area contributed by atoms with Gasteiger partial charge < -0.3 is 19.7 Å². The second-order valence-electron chi connectivity index (χ2n) is 8.72. The summed E-state index contributed by atoms with van der Waals surface area (Å²) >= 11 is 0. The average Bonchev–Trinajstić information content (AvgIpc) is 2.85. The minimum Gasteiger partial charge on any atom is -0.489 e. The molecule has 3 aromatic rings. The van der Waals surface area contributed by atoms with Crippen LogP contribution in [0.3, 0.4) is 0 Å². The van der Waals surface area contributed by atoms with Crippen LogP contribution in [0.5, 0.6) is 5.75 Å². The van der Waals surface area contributed by atoms with Crippen LogP contribution in [0.15, 0.2) is 54.7 Å². The summed E-state index contributed by atoms with van der Waals surface area (Å²) in [5.74, 6) is 1.36. The SMILES string of the molecule is CN(C)CCNc1cccc(Cc2nccc(-c3ccc(OC4CCOCC4)c(C#N)c3)n2)c1. The van der Waals surface area contributed by atoms with Gasteiger partial charge in [-0.15, -0.1) is 0 Å². The zero-order valence-electron chi connectivity index (χ0n) is 19.8. The average molecular weight is 458 g/mol. The fraction of sp³-hybridized carbons (Fsp3) is 0.370. The number of nitrogens with zero attached hydrogens (tertiary/aromatic N) is 4. The molecule has 1 N–H and O–H groups in total. The first kappa shape index (κ1) is 23.7. The van der Waals surface area contributed by atoms with Gasteiger partial charge in [-0.3, -0.25) is 0 Å². The first-order valence-corrected chi connectivity index (χ1v) is 11.7.